The number of hydrogen-bond acceptors (Lipinski definition) is 3. The predicted octanol–water partition coefficient (Wildman–Crippen LogP) is 1.52. The van der Waals surface area contributed by atoms with Crippen LogP contribution in [-0.2, 0) is 9.78 Å². The molecule has 0 aromatic carbocycles. The Labute approximate surface area is 52.5 Å². The highest BCUT2D eigenvalue weighted by atomic mass is 32.2. The first-order valence-corrected chi connectivity index (χ1v) is 3.91. The molecule has 0 aromatic heterocycles. The first-order valence-electron chi connectivity index (χ1n) is 2.92. The summed E-state index contributed by atoms with van der Waals surface area (Å²) < 4.78 is 0. The summed E-state index contributed by atoms with van der Waals surface area (Å²) in [6.07, 6.45) is 3.66. The average molecular weight is 132 g/mol. The zero-order chi connectivity index (χ0) is 5.45. The SMILES string of the molecule is C1CCC2(OO2)SC1. The third-order valence-electron chi connectivity index (χ3n) is 1.47. The summed E-state index contributed by atoms with van der Waals surface area (Å²) in [5.41, 5.74) is 0. The number of hydrogen-bond donors (Lipinski definition) is 0. The Hall–Kier alpha value is 0.270. The molecule has 2 aliphatic heterocycles. The summed E-state index contributed by atoms with van der Waals surface area (Å²) in [7, 11) is 0. The Balaban J connectivity index is 1.95. The van der Waals surface area contributed by atoms with Gasteiger partial charge in [0.15, 0.2) is 0 Å². The Morgan fingerprint density at radius 2 is 2.12 bits per heavy atom. The van der Waals surface area contributed by atoms with Gasteiger partial charge in [-0.05, 0) is 18.6 Å². The summed E-state index contributed by atoms with van der Waals surface area (Å²) in [6.45, 7) is 0. The van der Waals surface area contributed by atoms with E-state index >= 15 is 0 Å². The van der Waals surface area contributed by atoms with Crippen molar-refractivity contribution >= 4 is 11.8 Å². The molecule has 2 saturated heterocycles. The van der Waals surface area contributed by atoms with Gasteiger partial charge in [-0.15, -0.1) is 0 Å². The minimum Gasteiger partial charge on any atom is -0.182 e. The van der Waals surface area contributed by atoms with Crippen LogP contribution in [0.4, 0.5) is 0 Å². The molecule has 0 unspecified atom stereocenters. The van der Waals surface area contributed by atoms with E-state index < -0.39 is 0 Å². The van der Waals surface area contributed by atoms with Crippen molar-refractivity contribution in [1.82, 2.24) is 0 Å². The van der Waals surface area contributed by atoms with Crippen LogP contribution >= 0.6 is 11.8 Å². The smallest absolute Gasteiger partial charge is 0.182 e. The summed E-state index contributed by atoms with van der Waals surface area (Å²) in [6, 6.07) is 0. The van der Waals surface area contributed by atoms with E-state index in [4.69, 9.17) is 9.78 Å². The fraction of sp³-hybridized carbons (Fsp3) is 1.00. The molecular formula is C5H8O2S. The third kappa shape index (κ3) is 0.747. The zero-order valence-electron chi connectivity index (χ0n) is 4.55. The zero-order valence-corrected chi connectivity index (χ0v) is 5.37. The molecule has 2 rings (SSSR count). The van der Waals surface area contributed by atoms with Crippen LogP contribution in [0.5, 0.6) is 0 Å². The molecule has 0 bridgehead atoms. The molecule has 0 aromatic rings. The van der Waals surface area contributed by atoms with Crippen LogP contribution in [0, 0.1) is 0 Å². The van der Waals surface area contributed by atoms with Crippen molar-refractivity contribution in [2.24, 2.45) is 0 Å². The Kier molecular flexibility index (Phi) is 1.03. The van der Waals surface area contributed by atoms with E-state index in [0.29, 0.717) is 0 Å². The largest absolute Gasteiger partial charge is 0.279 e. The summed E-state index contributed by atoms with van der Waals surface area (Å²) in [5.74, 6) is 1.19. The molecule has 0 radical (unpaired) electrons. The third-order valence-corrected chi connectivity index (χ3v) is 2.74. The van der Waals surface area contributed by atoms with Crippen LogP contribution in [-0.4, -0.2) is 10.9 Å². The molecule has 8 heavy (non-hydrogen) atoms. The van der Waals surface area contributed by atoms with Gasteiger partial charge in [0.2, 0.25) is 0 Å². The summed E-state index contributed by atoms with van der Waals surface area (Å²) in [4.78, 5) is 9.60. The molecule has 2 fully saturated rings. The molecule has 2 nitrogen and oxygen atoms in total. The molecule has 2 heterocycles. The van der Waals surface area contributed by atoms with Crippen LogP contribution in [0.1, 0.15) is 19.3 Å². The van der Waals surface area contributed by atoms with Crippen LogP contribution in [0.15, 0.2) is 0 Å². The number of rotatable bonds is 0. The minimum absolute atomic E-state index is 0.155. The predicted molar refractivity (Wildman–Crippen MR) is 31.2 cm³/mol. The standard InChI is InChI=1S/C5H8O2S/c1-2-4-8-5(3-1)6-7-5/h1-4H2. The minimum atomic E-state index is -0.155. The van der Waals surface area contributed by atoms with Crippen LogP contribution < -0.4 is 0 Å². The average Bonchev–Trinajstić information content (AvgIpc) is 2.52. The molecule has 0 amide bonds. The van der Waals surface area contributed by atoms with Crippen LogP contribution in [0.25, 0.3) is 0 Å². The maximum atomic E-state index is 4.80. The molecule has 0 aliphatic carbocycles. The second-order valence-electron chi connectivity index (χ2n) is 2.16. The maximum absolute atomic E-state index is 4.80. The van der Waals surface area contributed by atoms with Crippen molar-refractivity contribution in [2.75, 3.05) is 5.75 Å². The van der Waals surface area contributed by atoms with Crippen molar-refractivity contribution in [3.05, 3.63) is 0 Å². The molecule has 46 valence electrons. The normalized spacial score (nSPS) is 33.0. The van der Waals surface area contributed by atoms with Gasteiger partial charge in [0.1, 0.15) is 0 Å². The van der Waals surface area contributed by atoms with Crippen molar-refractivity contribution < 1.29 is 9.78 Å². The van der Waals surface area contributed by atoms with Gasteiger partial charge in [0.25, 0.3) is 5.12 Å². The lowest BCUT2D eigenvalue weighted by Gasteiger charge is -2.11. The van der Waals surface area contributed by atoms with Gasteiger partial charge in [-0.25, -0.2) is 0 Å². The fourth-order valence-corrected chi connectivity index (χ4v) is 2.00. The van der Waals surface area contributed by atoms with Gasteiger partial charge in [-0.1, -0.05) is 11.8 Å². The molecular weight excluding hydrogens is 124 g/mol. The van der Waals surface area contributed by atoms with Gasteiger partial charge in [-0.3, -0.25) is 0 Å². The lowest BCUT2D eigenvalue weighted by Crippen LogP contribution is -2.10. The van der Waals surface area contributed by atoms with Crippen molar-refractivity contribution in [1.29, 1.82) is 0 Å². The van der Waals surface area contributed by atoms with Crippen LogP contribution in [0.3, 0.4) is 0 Å². The van der Waals surface area contributed by atoms with Gasteiger partial charge >= 0.3 is 0 Å². The highest BCUT2D eigenvalue weighted by molar-refractivity contribution is 8.00. The quantitative estimate of drug-likeness (QED) is 0.369. The molecule has 1 spiro atoms. The van der Waals surface area contributed by atoms with E-state index in [0.717, 1.165) is 6.42 Å². The first kappa shape index (κ1) is 5.09. The van der Waals surface area contributed by atoms with E-state index in [1.54, 1.807) is 11.8 Å². The van der Waals surface area contributed by atoms with E-state index in [1.807, 2.05) is 0 Å². The first-order chi connectivity index (χ1) is 3.91. The Bertz CT molecular complexity index is 92.6. The second-order valence-corrected chi connectivity index (χ2v) is 3.47. The Morgan fingerprint density at radius 3 is 2.50 bits per heavy atom. The monoisotopic (exact) mass is 132 g/mol. The molecule has 0 saturated carbocycles. The molecule has 2 aliphatic rings. The summed E-state index contributed by atoms with van der Waals surface area (Å²) in [5, 5.41) is -0.155. The molecule has 0 atom stereocenters. The lowest BCUT2D eigenvalue weighted by atomic mass is 10.2. The van der Waals surface area contributed by atoms with Gasteiger partial charge in [-0.2, -0.15) is 9.78 Å². The van der Waals surface area contributed by atoms with Gasteiger partial charge < -0.3 is 0 Å². The van der Waals surface area contributed by atoms with Gasteiger partial charge in [0, 0.05) is 6.42 Å². The van der Waals surface area contributed by atoms with Crippen LogP contribution in [0.2, 0.25) is 0 Å². The Morgan fingerprint density at radius 1 is 1.25 bits per heavy atom. The molecule has 3 heteroatoms. The highest BCUT2D eigenvalue weighted by Crippen LogP contribution is 2.48. The highest BCUT2D eigenvalue weighted by Gasteiger charge is 2.50. The van der Waals surface area contributed by atoms with Crippen molar-refractivity contribution in [2.45, 2.75) is 24.4 Å². The van der Waals surface area contributed by atoms with Gasteiger partial charge in [0.05, 0.1) is 0 Å². The number of thioether (sulfide) groups is 1. The lowest BCUT2D eigenvalue weighted by molar-refractivity contribution is 0.0850. The van der Waals surface area contributed by atoms with E-state index in [9.17, 15) is 0 Å². The van der Waals surface area contributed by atoms with E-state index in [1.165, 1.54) is 18.6 Å². The maximum Gasteiger partial charge on any atom is 0.279 e. The van der Waals surface area contributed by atoms with Crippen molar-refractivity contribution in [3.63, 3.8) is 0 Å². The molecule has 0 N–H and O–H groups in total. The fourth-order valence-electron chi connectivity index (χ4n) is 0.921. The van der Waals surface area contributed by atoms with E-state index in [-0.39, 0.29) is 5.12 Å². The van der Waals surface area contributed by atoms with Crippen molar-refractivity contribution in [3.8, 4) is 0 Å². The topological polar surface area (TPSA) is 25.1 Å². The summed E-state index contributed by atoms with van der Waals surface area (Å²) >= 11 is 1.79. The van der Waals surface area contributed by atoms with E-state index in [2.05, 4.69) is 0 Å². The second kappa shape index (κ2) is 1.62.